The maximum Gasteiger partial charge on any atom is 0.228 e. The van der Waals surface area contributed by atoms with Crippen molar-refractivity contribution in [1.29, 1.82) is 0 Å². The van der Waals surface area contributed by atoms with Crippen molar-refractivity contribution in [3.05, 3.63) is 63.2 Å². The van der Waals surface area contributed by atoms with Gasteiger partial charge in [0.15, 0.2) is 0 Å². The molecule has 0 unspecified atom stereocenters. The van der Waals surface area contributed by atoms with Crippen LogP contribution in [0.3, 0.4) is 0 Å². The molecule has 112 valence electrons. The van der Waals surface area contributed by atoms with Gasteiger partial charge in [0.25, 0.3) is 0 Å². The monoisotopic (exact) mass is 352 g/mol. The Morgan fingerprint density at radius 2 is 1.82 bits per heavy atom. The molecule has 0 aliphatic rings. The SMILES string of the molecule is O=C(Cc1c[nH]c2cc(Cl)ccc12)Nc1c(Cl)cccc1Cl. The van der Waals surface area contributed by atoms with E-state index < -0.39 is 0 Å². The van der Waals surface area contributed by atoms with Gasteiger partial charge in [-0.15, -0.1) is 0 Å². The summed E-state index contributed by atoms with van der Waals surface area (Å²) >= 11 is 18.0. The summed E-state index contributed by atoms with van der Waals surface area (Å²) < 4.78 is 0. The van der Waals surface area contributed by atoms with Crippen LogP contribution in [0.25, 0.3) is 10.9 Å². The number of aromatic amines is 1. The zero-order valence-corrected chi connectivity index (χ0v) is 13.6. The number of hydrogen-bond donors (Lipinski definition) is 2. The predicted molar refractivity (Wildman–Crippen MR) is 92.1 cm³/mol. The number of carbonyl (C=O) groups excluding carboxylic acids is 1. The molecule has 0 spiro atoms. The Balaban J connectivity index is 1.82. The number of fused-ring (bicyclic) bond motifs is 1. The second-order valence-corrected chi connectivity index (χ2v) is 6.08. The fraction of sp³-hybridized carbons (Fsp3) is 0.0625. The highest BCUT2D eigenvalue weighted by atomic mass is 35.5. The summed E-state index contributed by atoms with van der Waals surface area (Å²) in [4.78, 5) is 15.3. The van der Waals surface area contributed by atoms with Crippen LogP contribution in [-0.2, 0) is 11.2 Å². The number of benzene rings is 2. The van der Waals surface area contributed by atoms with Crippen molar-refractivity contribution >= 4 is 57.3 Å². The maximum atomic E-state index is 12.2. The predicted octanol–water partition coefficient (Wildman–Crippen LogP) is 5.31. The number of para-hydroxylation sites is 1. The maximum absolute atomic E-state index is 12.2. The molecule has 0 saturated carbocycles. The van der Waals surface area contributed by atoms with Crippen LogP contribution >= 0.6 is 34.8 Å². The highest BCUT2D eigenvalue weighted by molar-refractivity contribution is 6.39. The average molecular weight is 354 g/mol. The summed E-state index contributed by atoms with van der Waals surface area (Å²) in [5.74, 6) is -0.189. The van der Waals surface area contributed by atoms with Crippen LogP contribution in [0.1, 0.15) is 5.56 Å². The van der Waals surface area contributed by atoms with E-state index in [1.54, 1.807) is 30.5 Å². The summed E-state index contributed by atoms with van der Waals surface area (Å²) in [6, 6.07) is 10.6. The average Bonchev–Trinajstić information content (AvgIpc) is 2.85. The van der Waals surface area contributed by atoms with Gasteiger partial charge in [0, 0.05) is 22.1 Å². The molecule has 0 radical (unpaired) electrons. The minimum atomic E-state index is -0.189. The van der Waals surface area contributed by atoms with Crippen molar-refractivity contribution in [3.63, 3.8) is 0 Å². The van der Waals surface area contributed by atoms with Crippen LogP contribution in [-0.4, -0.2) is 10.9 Å². The van der Waals surface area contributed by atoms with Gasteiger partial charge in [-0.05, 0) is 29.8 Å². The summed E-state index contributed by atoms with van der Waals surface area (Å²) in [6.07, 6.45) is 2.01. The quantitative estimate of drug-likeness (QED) is 0.658. The normalized spacial score (nSPS) is 10.9. The number of amides is 1. The first kappa shape index (κ1) is 15.2. The Kier molecular flexibility index (Phi) is 4.30. The molecule has 3 aromatic rings. The number of H-pyrrole nitrogens is 1. The van der Waals surface area contributed by atoms with Gasteiger partial charge in [0.2, 0.25) is 5.91 Å². The van der Waals surface area contributed by atoms with E-state index in [0.717, 1.165) is 16.5 Å². The minimum Gasteiger partial charge on any atom is -0.361 e. The smallest absolute Gasteiger partial charge is 0.228 e. The molecule has 0 bridgehead atoms. The molecule has 0 atom stereocenters. The van der Waals surface area contributed by atoms with Crippen LogP contribution < -0.4 is 5.32 Å². The van der Waals surface area contributed by atoms with E-state index in [1.165, 1.54) is 0 Å². The molecule has 0 aliphatic heterocycles. The Morgan fingerprint density at radius 1 is 1.09 bits per heavy atom. The van der Waals surface area contributed by atoms with Gasteiger partial charge < -0.3 is 10.3 Å². The number of carbonyl (C=O) groups is 1. The fourth-order valence-electron chi connectivity index (χ4n) is 2.28. The first-order chi connectivity index (χ1) is 10.5. The lowest BCUT2D eigenvalue weighted by molar-refractivity contribution is -0.115. The number of aromatic nitrogens is 1. The Labute approximate surface area is 142 Å². The molecule has 22 heavy (non-hydrogen) atoms. The molecule has 2 aromatic carbocycles. The van der Waals surface area contributed by atoms with Crippen LogP contribution in [0.2, 0.25) is 15.1 Å². The van der Waals surface area contributed by atoms with Gasteiger partial charge in [-0.2, -0.15) is 0 Å². The lowest BCUT2D eigenvalue weighted by atomic mass is 10.1. The molecule has 6 heteroatoms. The van der Waals surface area contributed by atoms with Crippen molar-refractivity contribution in [2.45, 2.75) is 6.42 Å². The van der Waals surface area contributed by atoms with Crippen LogP contribution in [0, 0.1) is 0 Å². The molecular formula is C16H11Cl3N2O. The Morgan fingerprint density at radius 3 is 2.55 bits per heavy atom. The lowest BCUT2D eigenvalue weighted by Crippen LogP contribution is -2.14. The highest BCUT2D eigenvalue weighted by Crippen LogP contribution is 2.30. The van der Waals surface area contributed by atoms with Crippen LogP contribution in [0.5, 0.6) is 0 Å². The van der Waals surface area contributed by atoms with Crippen LogP contribution in [0.15, 0.2) is 42.6 Å². The largest absolute Gasteiger partial charge is 0.361 e. The van der Waals surface area contributed by atoms with E-state index in [-0.39, 0.29) is 12.3 Å². The molecule has 0 fully saturated rings. The van der Waals surface area contributed by atoms with E-state index in [1.807, 2.05) is 12.1 Å². The third-order valence-electron chi connectivity index (χ3n) is 3.31. The van der Waals surface area contributed by atoms with Gasteiger partial charge >= 0.3 is 0 Å². The third kappa shape index (κ3) is 3.07. The number of hydrogen-bond acceptors (Lipinski definition) is 1. The summed E-state index contributed by atoms with van der Waals surface area (Å²) in [7, 11) is 0. The van der Waals surface area contributed by atoms with E-state index in [2.05, 4.69) is 10.3 Å². The molecule has 3 nitrogen and oxygen atoms in total. The van der Waals surface area contributed by atoms with Crippen molar-refractivity contribution in [2.75, 3.05) is 5.32 Å². The molecular weight excluding hydrogens is 343 g/mol. The molecule has 0 saturated heterocycles. The van der Waals surface area contributed by atoms with Crippen molar-refractivity contribution in [2.24, 2.45) is 0 Å². The highest BCUT2D eigenvalue weighted by Gasteiger charge is 2.12. The van der Waals surface area contributed by atoms with E-state index in [0.29, 0.717) is 20.8 Å². The van der Waals surface area contributed by atoms with Crippen molar-refractivity contribution in [3.8, 4) is 0 Å². The number of nitrogens with one attached hydrogen (secondary N) is 2. The topological polar surface area (TPSA) is 44.9 Å². The molecule has 1 amide bonds. The molecule has 1 heterocycles. The molecule has 2 N–H and O–H groups in total. The van der Waals surface area contributed by atoms with Crippen molar-refractivity contribution in [1.82, 2.24) is 4.98 Å². The first-order valence-electron chi connectivity index (χ1n) is 6.54. The van der Waals surface area contributed by atoms with E-state index in [9.17, 15) is 4.79 Å². The second-order valence-electron chi connectivity index (χ2n) is 4.83. The number of halogens is 3. The molecule has 3 rings (SSSR count). The zero-order chi connectivity index (χ0) is 15.7. The minimum absolute atomic E-state index is 0.189. The van der Waals surface area contributed by atoms with Gasteiger partial charge in [-0.1, -0.05) is 46.9 Å². The zero-order valence-electron chi connectivity index (χ0n) is 11.3. The standard InChI is InChI=1S/C16H11Cl3N2O/c17-10-4-5-11-9(8-20-14(11)7-10)6-15(22)21-16-12(18)2-1-3-13(16)19/h1-5,7-8,20H,6H2,(H,21,22). The van der Waals surface area contributed by atoms with Gasteiger partial charge in [0.05, 0.1) is 22.2 Å². The first-order valence-corrected chi connectivity index (χ1v) is 7.67. The van der Waals surface area contributed by atoms with E-state index in [4.69, 9.17) is 34.8 Å². The Hall–Kier alpha value is -1.68. The fourth-order valence-corrected chi connectivity index (χ4v) is 2.94. The van der Waals surface area contributed by atoms with Gasteiger partial charge in [-0.3, -0.25) is 4.79 Å². The van der Waals surface area contributed by atoms with Gasteiger partial charge in [0.1, 0.15) is 0 Å². The second kappa shape index (κ2) is 6.21. The summed E-state index contributed by atoms with van der Waals surface area (Å²) in [5.41, 5.74) is 2.21. The number of rotatable bonds is 3. The molecule has 1 aromatic heterocycles. The van der Waals surface area contributed by atoms with Crippen molar-refractivity contribution < 1.29 is 4.79 Å². The summed E-state index contributed by atoms with van der Waals surface area (Å²) in [5, 5.41) is 5.18. The van der Waals surface area contributed by atoms with Crippen LogP contribution in [0.4, 0.5) is 5.69 Å². The number of anilines is 1. The lowest BCUT2D eigenvalue weighted by Gasteiger charge is -2.08. The Bertz CT molecular complexity index is 837. The third-order valence-corrected chi connectivity index (χ3v) is 4.17. The summed E-state index contributed by atoms with van der Waals surface area (Å²) in [6.45, 7) is 0. The van der Waals surface area contributed by atoms with E-state index >= 15 is 0 Å². The molecule has 0 aliphatic carbocycles. The van der Waals surface area contributed by atoms with Gasteiger partial charge in [-0.25, -0.2) is 0 Å².